The minimum absolute atomic E-state index is 0.339. The van der Waals surface area contributed by atoms with Gasteiger partial charge in [0.25, 0.3) is 0 Å². The van der Waals surface area contributed by atoms with Crippen LogP contribution >= 0.6 is 0 Å². The molecule has 2 rings (SSSR count). The molecule has 0 fully saturated rings. The molecule has 0 aliphatic rings. The second-order valence-corrected chi connectivity index (χ2v) is 4.53. The maximum absolute atomic E-state index is 12.4. The van der Waals surface area contributed by atoms with Crippen molar-refractivity contribution in [1.29, 1.82) is 0 Å². The lowest BCUT2D eigenvalue weighted by Gasteiger charge is -2.16. The number of ether oxygens (including phenoxy) is 1. The van der Waals surface area contributed by atoms with Gasteiger partial charge in [-0.1, -0.05) is 42.5 Å². The Balaban J connectivity index is 2.43. The van der Waals surface area contributed by atoms with Crippen LogP contribution in [0.25, 0.3) is 11.1 Å². The lowest BCUT2D eigenvalue weighted by atomic mass is 10.0. The second kappa shape index (κ2) is 5.90. The minimum atomic E-state index is -5.06. The normalized spacial score (nSPS) is 12.3. The minimum Gasteiger partial charge on any atom is -0.405 e. The largest absolute Gasteiger partial charge is 0.573 e. The van der Waals surface area contributed by atoms with Crippen molar-refractivity contribution in [3.8, 4) is 16.9 Å². The number of alkyl halides is 6. The Morgan fingerprint density at radius 2 is 1.41 bits per heavy atom. The Morgan fingerprint density at radius 1 is 0.773 bits per heavy atom. The summed E-state index contributed by atoms with van der Waals surface area (Å²) in [5.74, 6) is -0.842. The van der Waals surface area contributed by atoms with E-state index < -0.39 is 30.3 Å². The van der Waals surface area contributed by atoms with Crippen molar-refractivity contribution < 1.29 is 31.1 Å². The molecule has 0 bridgehead atoms. The lowest BCUT2D eigenvalue weighted by molar-refractivity contribution is -0.275. The first-order valence-electron chi connectivity index (χ1n) is 6.15. The average Bonchev–Trinajstić information content (AvgIpc) is 2.38. The first-order valence-corrected chi connectivity index (χ1v) is 6.15. The van der Waals surface area contributed by atoms with E-state index in [9.17, 15) is 26.3 Å². The van der Waals surface area contributed by atoms with Crippen LogP contribution in [0.4, 0.5) is 26.3 Å². The van der Waals surface area contributed by atoms with Gasteiger partial charge in [0.15, 0.2) is 0 Å². The van der Waals surface area contributed by atoms with Gasteiger partial charge >= 0.3 is 12.5 Å². The molecule has 1 nitrogen and oxygen atoms in total. The zero-order valence-electron chi connectivity index (χ0n) is 11.0. The Labute approximate surface area is 122 Å². The van der Waals surface area contributed by atoms with Crippen molar-refractivity contribution in [1.82, 2.24) is 0 Å². The van der Waals surface area contributed by atoms with E-state index in [0.29, 0.717) is 11.1 Å². The summed E-state index contributed by atoms with van der Waals surface area (Å²) in [6.45, 7) is 0. The monoisotopic (exact) mass is 320 g/mol. The quantitative estimate of drug-likeness (QED) is 0.692. The fourth-order valence-electron chi connectivity index (χ4n) is 1.95. The van der Waals surface area contributed by atoms with Crippen LogP contribution in [0.2, 0.25) is 0 Å². The number of hydrogen-bond acceptors (Lipinski definition) is 1. The molecule has 0 heterocycles. The van der Waals surface area contributed by atoms with Crippen molar-refractivity contribution in [2.45, 2.75) is 19.0 Å². The maximum Gasteiger partial charge on any atom is 0.573 e. The zero-order chi connectivity index (χ0) is 16.4. The highest BCUT2D eigenvalue weighted by Crippen LogP contribution is 2.34. The molecule has 22 heavy (non-hydrogen) atoms. The Kier molecular flexibility index (Phi) is 4.35. The summed E-state index contributed by atoms with van der Waals surface area (Å²) < 4.78 is 78.2. The molecule has 0 aliphatic carbocycles. The molecule has 0 amide bonds. The Hall–Kier alpha value is -2.18. The molecular formula is C15H10F6O. The zero-order valence-corrected chi connectivity index (χ0v) is 11.0. The third-order valence-corrected chi connectivity index (χ3v) is 2.79. The van der Waals surface area contributed by atoms with Gasteiger partial charge in [-0.05, 0) is 17.2 Å². The highest BCUT2D eigenvalue weighted by Gasteiger charge is 2.35. The summed E-state index contributed by atoms with van der Waals surface area (Å²) in [4.78, 5) is 0. The summed E-state index contributed by atoms with van der Waals surface area (Å²) in [6, 6.07) is 11.6. The fraction of sp³-hybridized carbons (Fsp3) is 0.200. The first-order chi connectivity index (χ1) is 10.1. The van der Waals surface area contributed by atoms with Crippen LogP contribution in [0.15, 0.2) is 48.5 Å². The van der Waals surface area contributed by atoms with E-state index >= 15 is 0 Å². The van der Waals surface area contributed by atoms with E-state index in [4.69, 9.17) is 0 Å². The highest BCUT2D eigenvalue weighted by atomic mass is 19.4. The molecule has 2 aromatic rings. The number of halogens is 6. The van der Waals surface area contributed by atoms with Gasteiger partial charge in [0, 0.05) is 5.56 Å². The Bertz CT molecular complexity index is 631. The third-order valence-electron chi connectivity index (χ3n) is 2.79. The number of hydrogen-bond donors (Lipinski definition) is 0. The lowest BCUT2D eigenvalue weighted by Crippen LogP contribution is -2.20. The van der Waals surface area contributed by atoms with Crippen LogP contribution in [0.1, 0.15) is 5.56 Å². The molecule has 0 saturated heterocycles. The number of rotatable bonds is 3. The van der Waals surface area contributed by atoms with Gasteiger partial charge in [0.1, 0.15) is 5.75 Å². The van der Waals surface area contributed by atoms with Crippen molar-refractivity contribution in [3.63, 3.8) is 0 Å². The molecule has 7 heteroatoms. The van der Waals surface area contributed by atoms with Crippen molar-refractivity contribution in [2.75, 3.05) is 0 Å². The van der Waals surface area contributed by atoms with Gasteiger partial charge < -0.3 is 4.74 Å². The van der Waals surface area contributed by atoms with E-state index in [1.807, 2.05) is 0 Å². The summed E-state index contributed by atoms with van der Waals surface area (Å²) >= 11 is 0. The molecule has 0 aliphatic heterocycles. The van der Waals surface area contributed by atoms with Crippen molar-refractivity contribution in [2.24, 2.45) is 0 Å². The smallest absolute Gasteiger partial charge is 0.405 e. The molecule has 0 radical (unpaired) electrons. The molecule has 118 valence electrons. The molecule has 0 aromatic heterocycles. The van der Waals surface area contributed by atoms with Gasteiger partial charge in [-0.25, -0.2) is 0 Å². The van der Waals surface area contributed by atoms with Crippen LogP contribution in [0, 0.1) is 0 Å². The topological polar surface area (TPSA) is 9.23 Å². The Morgan fingerprint density at radius 3 is 1.95 bits per heavy atom. The van der Waals surface area contributed by atoms with Crippen molar-refractivity contribution >= 4 is 0 Å². The van der Waals surface area contributed by atoms with E-state index in [0.717, 1.165) is 12.1 Å². The maximum atomic E-state index is 12.4. The highest BCUT2D eigenvalue weighted by molar-refractivity contribution is 5.66. The molecule has 0 unspecified atom stereocenters. The van der Waals surface area contributed by atoms with Gasteiger partial charge in [-0.2, -0.15) is 13.2 Å². The van der Waals surface area contributed by atoms with E-state index in [-0.39, 0.29) is 0 Å². The first kappa shape index (κ1) is 16.2. The summed E-state index contributed by atoms with van der Waals surface area (Å²) in [5, 5.41) is 0. The molecule has 0 atom stereocenters. The van der Waals surface area contributed by atoms with E-state index in [1.54, 1.807) is 30.3 Å². The molecule has 0 N–H and O–H groups in total. The van der Waals surface area contributed by atoms with Gasteiger partial charge in [0.05, 0.1) is 6.42 Å². The summed E-state index contributed by atoms with van der Waals surface area (Å²) in [5.41, 5.74) is 0.350. The van der Waals surface area contributed by atoms with Gasteiger partial charge in [-0.15, -0.1) is 13.2 Å². The molecular weight excluding hydrogens is 310 g/mol. The van der Waals surface area contributed by atoms with Crippen LogP contribution in [-0.2, 0) is 6.42 Å². The third kappa shape index (κ3) is 4.68. The predicted molar refractivity (Wildman–Crippen MR) is 68.3 cm³/mol. The fourth-order valence-corrected chi connectivity index (χ4v) is 1.95. The molecule has 0 saturated carbocycles. The SMILES string of the molecule is FC(F)(F)Cc1ccc(-c2ccccc2)cc1OC(F)(F)F. The van der Waals surface area contributed by atoms with Crippen LogP contribution in [0.3, 0.4) is 0 Å². The second-order valence-electron chi connectivity index (χ2n) is 4.53. The predicted octanol–water partition coefficient (Wildman–Crippen LogP) is 5.36. The number of benzene rings is 2. The van der Waals surface area contributed by atoms with Gasteiger partial charge in [0.2, 0.25) is 0 Å². The van der Waals surface area contributed by atoms with E-state index in [2.05, 4.69) is 4.74 Å². The summed E-state index contributed by atoms with van der Waals surface area (Å²) in [7, 11) is 0. The molecule has 2 aromatic carbocycles. The van der Waals surface area contributed by atoms with Gasteiger partial charge in [-0.3, -0.25) is 0 Å². The van der Waals surface area contributed by atoms with Crippen molar-refractivity contribution in [3.05, 3.63) is 54.1 Å². The average molecular weight is 320 g/mol. The van der Waals surface area contributed by atoms with Crippen LogP contribution in [-0.4, -0.2) is 12.5 Å². The van der Waals surface area contributed by atoms with E-state index in [1.165, 1.54) is 6.07 Å². The summed E-state index contributed by atoms with van der Waals surface area (Å²) in [6.07, 6.45) is -11.2. The van der Waals surface area contributed by atoms with Crippen LogP contribution < -0.4 is 4.74 Å². The molecule has 0 spiro atoms. The standard InChI is InChI=1S/C15H10F6O/c16-14(17,18)9-12-7-6-11(10-4-2-1-3-5-10)8-13(12)22-15(19,20)21/h1-8H,9H2. The van der Waals surface area contributed by atoms with Crippen LogP contribution in [0.5, 0.6) is 5.75 Å².